The number of ether oxygens (including phenoxy) is 1. The van der Waals surface area contributed by atoms with Gasteiger partial charge in [-0.15, -0.1) is 11.3 Å². The minimum atomic E-state index is -0.231. The van der Waals surface area contributed by atoms with E-state index in [2.05, 4.69) is 52.2 Å². The third-order valence-corrected chi connectivity index (χ3v) is 5.64. The summed E-state index contributed by atoms with van der Waals surface area (Å²) in [6.45, 7) is 6.09. The highest BCUT2D eigenvalue weighted by molar-refractivity contribution is 9.10. The molecule has 6 heteroatoms. The smallest absolute Gasteiger partial charge is 0.264 e. The number of halogens is 1. The molecular formula is C21H21BrN2O2S. The Morgan fingerprint density at radius 3 is 2.59 bits per heavy atom. The molecule has 1 N–H and O–H groups in total. The number of carbonyl (C=O) groups excluding carboxylic acids is 1. The zero-order valence-corrected chi connectivity index (χ0v) is 17.9. The Labute approximate surface area is 171 Å². The van der Waals surface area contributed by atoms with Crippen LogP contribution in [0, 0.1) is 13.8 Å². The fraction of sp³-hybridized carbons (Fsp3) is 0.238. The van der Waals surface area contributed by atoms with Crippen molar-refractivity contribution in [1.29, 1.82) is 0 Å². The summed E-state index contributed by atoms with van der Waals surface area (Å²) in [4.78, 5) is 17.9. The number of benzene rings is 2. The van der Waals surface area contributed by atoms with Gasteiger partial charge in [0.1, 0.15) is 5.75 Å². The number of thiazole rings is 1. The number of carbonyl (C=O) groups is 1. The highest BCUT2D eigenvalue weighted by Gasteiger charge is 2.13. The summed E-state index contributed by atoms with van der Waals surface area (Å²) in [6.07, 6.45) is 0.950. The first kappa shape index (κ1) is 19.6. The lowest BCUT2D eigenvalue weighted by atomic mass is 10.1. The van der Waals surface area contributed by atoms with Crippen LogP contribution in [0.5, 0.6) is 5.75 Å². The second kappa shape index (κ2) is 8.67. The Morgan fingerprint density at radius 2 is 1.93 bits per heavy atom. The number of nitrogens with one attached hydrogen (secondary N) is 1. The van der Waals surface area contributed by atoms with E-state index < -0.39 is 0 Å². The van der Waals surface area contributed by atoms with Gasteiger partial charge in [-0.05, 0) is 53.9 Å². The molecule has 3 rings (SSSR count). The molecule has 0 aliphatic heterocycles. The van der Waals surface area contributed by atoms with Gasteiger partial charge in [0.15, 0.2) is 11.7 Å². The molecule has 3 aromatic rings. The zero-order valence-electron chi connectivity index (χ0n) is 15.5. The van der Waals surface area contributed by atoms with Crippen molar-refractivity contribution in [3.63, 3.8) is 0 Å². The number of nitrogens with zero attached hydrogens (tertiary/aromatic N) is 1. The van der Waals surface area contributed by atoms with Crippen molar-refractivity contribution in [2.45, 2.75) is 27.2 Å². The number of rotatable bonds is 6. The second-order valence-corrected chi connectivity index (χ2v) is 8.30. The molecule has 140 valence electrons. The maximum Gasteiger partial charge on any atom is 0.264 e. The summed E-state index contributed by atoms with van der Waals surface area (Å²) < 4.78 is 6.47. The molecule has 0 aliphatic carbocycles. The van der Waals surface area contributed by atoms with Gasteiger partial charge in [0.2, 0.25) is 0 Å². The molecule has 0 unspecified atom stereocenters. The number of aromatic nitrogens is 1. The van der Waals surface area contributed by atoms with Crippen molar-refractivity contribution in [1.82, 2.24) is 4.98 Å². The van der Waals surface area contributed by atoms with E-state index in [0.717, 1.165) is 27.0 Å². The molecule has 1 amide bonds. The Kier molecular flexibility index (Phi) is 6.29. The molecule has 0 spiro atoms. The van der Waals surface area contributed by atoms with E-state index in [1.165, 1.54) is 22.5 Å². The SMILES string of the molecule is CCc1ccc(OCC(=O)Nc2nc(-c3ccc(C)cc3)c(C)s2)c(Br)c1. The lowest BCUT2D eigenvalue weighted by Gasteiger charge is -2.09. The van der Waals surface area contributed by atoms with Gasteiger partial charge in [-0.1, -0.05) is 42.8 Å². The number of hydrogen-bond donors (Lipinski definition) is 1. The predicted molar refractivity (Wildman–Crippen MR) is 115 cm³/mol. The van der Waals surface area contributed by atoms with Crippen LogP contribution in [0.3, 0.4) is 0 Å². The summed E-state index contributed by atoms with van der Waals surface area (Å²) in [6, 6.07) is 14.1. The van der Waals surface area contributed by atoms with E-state index >= 15 is 0 Å². The lowest BCUT2D eigenvalue weighted by molar-refractivity contribution is -0.118. The number of aryl methyl sites for hydroxylation is 3. The molecule has 4 nitrogen and oxygen atoms in total. The van der Waals surface area contributed by atoms with Crippen LogP contribution in [0.4, 0.5) is 5.13 Å². The molecule has 0 fully saturated rings. The van der Waals surface area contributed by atoms with Gasteiger partial charge in [0, 0.05) is 10.4 Å². The van der Waals surface area contributed by atoms with Crippen LogP contribution in [-0.2, 0) is 11.2 Å². The Morgan fingerprint density at radius 1 is 1.19 bits per heavy atom. The van der Waals surface area contributed by atoms with E-state index in [1.807, 2.05) is 37.3 Å². The standard InChI is InChI=1S/C21H21BrN2O2S/c1-4-15-7-10-18(17(22)11-15)26-12-19(25)23-21-24-20(14(3)27-21)16-8-5-13(2)6-9-16/h5-11H,4,12H2,1-3H3,(H,23,24,25). The van der Waals surface area contributed by atoms with Crippen LogP contribution in [0.2, 0.25) is 0 Å². The first-order valence-corrected chi connectivity index (χ1v) is 10.3. The first-order valence-electron chi connectivity index (χ1n) is 8.71. The Bertz CT molecular complexity index is 951. The highest BCUT2D eigenvalue weighted by atomic mass is 79.9. The average Bonchev–Trinajstić information content (AvgIpc) is 3.01. The van der Waals surface area contributed by atoms with Crippen molar-refractivity contribution in [2.24, 2.45) is 0 Å². The van der Waals surface area contributed by atoms with Gasteiger partial charge < -0.3 is 4.74 Å². The largest absolute Gasteiger partial charge is 0.483 e. The van der Waals surface area contributed by atoms with Crippen LogP contribution in [0.25, 0.3) is 11.3 Å². The second-order valence-electron chi connectivity index (χ2n) is 6.25. The Hall–Kier alpha value is -2.18. The van der Waals surface area contributed by atoms with Crippen LogP contribution >= 0.6 is 27.3 Å². The van der Waals surface area contributed by atoms with Crippen molar-refractivity contribution in [3.05, 3.63) is 62.9 Å². The van der Waals surface area contributed by atoms with Gasteiger partial charge in [-0.25, -0.2) is 4.98 Å². The molecule has 0 aliphatic rings. The number of anilines is 1. The maximum absolute atomic E-state index is 12.2. The molecule has 0 atom stereocenters. The van der Waals surface area contributed by atoms with Crippen molar-refractivity contribution in [3.8, 4) is 17.0 Å². The summed E-state index contributed by atoms with van der Waals surface area (Å²) in [5.41, 5.74) is 4.36. The summed E-state index contributed by atoms with van der Waals surface area (Å²) in [5.74, 6) is 0.420. The van der Waals surface area contributed by atoms with E-state index in [9.17, 15) is 4.79 Å². The van der Waals surface area contributed by atoms with E-state index in [1.54, 1.807) is 0 Å². The van der Waals surface area contributed by atoms with Crippen LogP contribution in [-0.4, -0.2) is 17.5 Å². The molecule has 0 bridgehead atoms. The molecule has 0 saturated heterocycles. The van der Waals surface area contributed by atoms with Gasteiger partial charge in [-0.2, -0.15) is 0 Å². The summed E-state index contributed by atoms with van der Waals surface area (Å²) in [5, 5.41) is 3.41. The molecule has 2 aromatic carbocycles. The highest BCUT2D eigenvalue weighted by Crippen LogP contribution is 2.30. The third-order valence-electron chi connectivity index (χ3n) is 4.13. The van der Waals surface area contributed by atoms with Gasteiger partial charge in [-0.3, -0.25) is 10.1 Å². The van der Waals surface area contributed by atoms with Crippen LogP contribution in [0.15, 0.2) is 46.9 Å². The number of hydrogen-bond acceptors (Lipinski definition) is 4. The summed E-state index contributed by atoms with van der Waals surface area (Å²) in [7, 11) is 0. The van der Waals surface area contributed by atoms with Crippen molar-refractivity contribution < 1.29 is 9.53 Å². The maximum atomic E-state index is 12.2. The quantitative estimate of drug-likeness (QED) is 0.524. The molecule has 1 aromatic heterocycles. The Balaban J connectivity index is 1.63. The predicted octanol–water partition coefficient (Wildman–Crippen LogP) is 5.77. The average molecular weight is 445 g/mol. The topological polar surface area (TPSA) is 51.2 Å². The minimum absolute atomic E-state index is 0.0669. The number of amides is 1. The van der Waals surface area contributed by atoms with E-state index in [4.69, 9.17) is 4.74 Å². The monoisotopic (exact) mass is 444 g/mol. The normalized spacial score (nSPS) is 10.7. The van der Waals surface area contributed by atoms with Crippen molar-refractivity contribution in [2.75, 3.05) is 11.9 Å². The molecule has 1 heterocycles. The minimum Gasteiger partial charge on any atom is -0.483 e. The van der Waals surface area contributed by atoms with Gasteiger partial charge >= 0.3 is 0 Å². The molecule has 0 radical (unpaired) electrons. The molecule has 27 heavy (non-hydrogen) atoms. The van der Waals surface area contributed by atoms with Gasteiger partial charge in [0.25, 0.3) is 5.91 Å². The third kappa shape index (κ3) is 4.96. The molecular weight excluding hydrogens is 424 g/mol. The van der Waals surface area contributed by atoms with Crippen LogP contribution < -0.4 is 10.1 Å². The van der Waals surface area contributed by atoms with Crippen LogP contribution in [0.1, 0.15) is 22.9 Å². The van der Waals surface area contributed by atoms with E-state index in [-0.39, 0.29) is 12.5 Å². The first-order chi connectivity index (χ1) is 13.0. The fourth-order valence-corrected chi connectivity index (χ4v) is 4.00. The molecule has 0 saturated carbocycles. The summed E-state index contributed by atoms with van der Waals surface area (Å²) >= 11 is 4.95. The van der Waals surface area contributed by atoms with Gasteiger partial charge in [0.05, 0.1) is 10.2 Å². The van der Waals surface area contributed by atoms with Crippen molar-refractivity contribution >= 4 is 38.3 Å². The lowest BCUT2D eigenvalue weighted by Crippen LogP contribution is -2.20. The van der Waals surface area contributed by atoms with E-state index in [0.29, 0.717) is 10.9 Å². The zero-order chi connectivity index (χ0) is 19.4. The fourth-order valence-electron chi connectivity index (χ4n) is 2.61.